The molecule has 0 aliphatic carbocycles. The second-order valence-electron chi connectivity index (χ2n) is 3.31. The standard InChI is InChI=1S/C7H15F3N2O2S/c1-15(13,14)5-4-12(3-2-11)6-7(8,9)10/h2-6,11H2,1H3. The van der Waals surface area contributed by atoms with Crippen LogP contribution in [-0.2, 0) is 9.84 Å². The van der Waals surface area contributed by atoms with E-state index in [1.54, 1.807) is 0 Å². The lowest BCUT2D eigenvalue weighted by atomic mass is 10.4. The van der Waals surface area contributed by atoms with E-state index in [9.17, 15) is 21.6 Å². The van der Waals surface area contributed by atoms with Gasteiger partial charge >= 0.3 is 6.18 Å². The number of nitrogens with two attached hydrogens (primary N) is 1. The van der Waals surface area contributed by atoms with Gasteiger partial charge in [-0.2, -0.15) is 13.2 Å². The van der Waals surface area contributed by atoms with E-state index in [0.717, 1.165) is 11.2 Å². The van der Waals surface area contributed by atoms with Crippen LogP contribution in [0.15, 0.2) is 0 Å². The van der Waals surface area contributed by atoms with Gasteiger partial charge in [0.1, 0.15) is 9.84 Å². The van der Waals surface area contributed by atoms with Crippen LogP contribution in [0.4, 0.5) is 13.2 Å². The molecular weight excluding hydrogens is 233 g/mol. The second kappa shape index (κ2) is 5.66. The smallest absolute Gasteiger partial charge is 0.329 e. The normalized spacial score (nSPS) is 13.5. The molecule has 0 aliphatic heterocycles. The highest BCUT2D eigenvalue weighted by atomic mass is 32.2. The number of sulfone groups is 1. The Morgan fingerprint density at radius 1 is 1.27 bits per heavy atom. The highest BCUT2D eigenvalue weighted by Gasteiger charge is 2.30. The zero-order chi connectivity index (χ0) is 12.1. The van der Waals surface area contributed by atoms with Crippen LogP contribution in [0.1, 0.15) is 0 Å². The molecule has 8 heteroatoms. The fourth-order valence-corrected chi connectivity index (χ4v) is 1.59. The van der Waals surface area contributed by atoms with Gasteiger partial charge in [0.05, 0.1) is 12.3 Å². The van der Waals surface area contributed by atoms with Crippen molar-refractivity contribution in [1.29, 1.82) is 0 Å². The molecule has 0 rings (SSSR count). The van der Waals surface area contributed by atoms with E-state index in [1.807, 2.05) is 0 Å². The van der Waals surface area contributed by atoms with E-state index in [4.69, 9.17) is 5.73 Å². The van der Waals surface area contributed by atoms with E-state index < -0.39 is 22.6 Å². The minimum atomic E-state index is -4.33. The van der Waals surface area contributed by atoms with Gasteiger partial charge in [-0.05, 0) is 0 Å². The molecular formula is C7H15F3N2O2S. The SMILES string of the molecule is CS(=O)(=O)CCN(CCN)CC(F)(F)F. The number of halogens is 3. The summed E-state index contributed by atoms with van der Waals surface area (Å²) in [4.78, 5) is 0.987. The molecule has 0 aromatic heterocycles. The van der Waals surface area contributed by atoms with Gasteiger partial charge in [-0.3, -0.25) is 4.90 Å². The summed E-state index contributed by atoms with van der Waals surface area (Å²) in [6, 6.07) is 0. The molecule has 0 saturated heterocycles. The summed E-state index contributed by atoms with van der Waals surface area (Å²) >= 11 is 0. The molecule has 15 heavy (non-hydrogen) atoms. The van der Waals surface area contributed by atoms with Crippen molar-refractivity contribution in [2.24, 2.45) is 5.73 Å². The Balaban J connectivity index is 4.17. The number of hydrogen-bond donors (Lipinski definition) is 1. The van der Waals surface area contributed by atoms with Crippen LogP contribution in [0.25, 0.3) is 0 Å². The summed E-state index contributed by atoms with van der Waals surface area (Å²) in [7, 11) is -3.24. The van der Waals surface area contributed by atoms with Crippen LogP contribution in [0.3, 0.4) is 0 Å². The molecule has 0 bridgehead atoms. The van der Waals surface area contributed by atoms with Crippen molar-refractivity contribution >= 4 is 9.84 Å². The molecule has 2 N–H and O–H groups in total. The van der Waals surface area contributed by atoms with Crippen LogP contribution in [0.5, 0.6) is 0 Å². The maximum atomic E-state index is 12.0. The Morgan fingerprint density at radius 3 is 2.13 bits per heavy atom. The maximum absolute atomic E-state index is 12.0. The van der Waals surface area contributed by atoms with E-state index >= 15 is 0 Å². The Bertz CT molecular complexity index is 276. The monoisotopic (exact) mass is 248 g/mol. The van der Waals surface area contributed by atoms with E-state index in [2.05, 4.69) is 0 Å². The van der Waals surface area contributed by atoms with Crippen molar-refractivity contribution in [3.63, 3.8) is 0 Å². The molecule has 0 unspecified atom stereocenters. The number of alkyl halides is 3. The average Bonchev–Trinajstić information content (AvgIpc) is 1.96. The molecule has 0 aromatic rings. The zero-order valence-corrected chi connectivity index (χ0v) is 9.24. The average molecular weight is 248 g/mol. The number of rotatable bonds is 6. The Kier molecular flexibility index (Phi) is 5.54. The number of hydrogen-bond acceptors (Lipinski definition) is 4. The van der Waals surface area contributed by atoms with Gasteiger partial charge in [0.15, 0.2) is 0 Å². The third-order valence-electron chi connectivity index (χ3n) is 1.63. The van der Waals surface area contributed by atoms with Crippen LogP contribution >= 0.6 is 0 Å². The van der Waals surface area contributed by atoms with Crippen molar-refractivity contribution in [3.8, 4) is 0 Å². The predicted octanol–water partition coefficient (Wildman–Crippen LogP) is -0.146. The highest BCUT2D eigenvalue weighted by Crippen LogP contribution is 2.16. The molecule has 0 aromatic carbocycles. The van der Waals surface area contributed by atoms with Crippen molar-refractivity contribution in [2.75, 3.05) is 38.2 Å². The third kappa shape index (κ3) is 9.95. The Morgan fingerprint density at radius 2 is 1.80 bits per heavy atom. The van der Waals surface area contributed by atoms with Crippen LogP contribution in [-0.4, -0.2) is 57.7 Å². The summed E-state index contributed by atoms with van der Waals surface area (Å²) in [5.74, 6) is -0.289. The molecule has 0 radical (unpaired) electrons. The largest absolute Gasteiger partial charge is 0.401 e. The number of nitrogens with zero attached hydrogens (tertiary/aromatic N) is 1. The molecule has 0 amide bonds. The predicted molar refractivity (Wildman–Crippen MR) is 51.3 cm³/mol. The van der Waals surface area contributed by atoms with E-state index in [0.29, 0.717) is 0 Å². The minimum Gasteiger partial charge on any atom is -0.329 e. The first kappa shape index (κ1) is 14.7. The van der Waals surface area contributed by atoms with Crippen LogP contribution in [0, 0.1) is 0 Å². The van der Waals surface area contributed by atoms with Crippen LogP contribution in [0.2, 0.25) is 0 Å². The summed E-state index contributed by atoms with van der Waals surface area (Å²) in [6.07, 6.45) is -3.34. The quantitative estimate of drug-likeness (QED) is 0.710. The lowest BCUT2D eigenvalue weighted by molar-refractivity contribution is -0.145. The molecule has 0 heterocycles. The van der Waals surface area contributed by atoms with Gasteiger partial charge in [0.2, 0.25) is 0 Å². The fraction of sp³-hybridized carbons (Fsp3) is 1.00. The maximum Gasteiger partial charge on any atom is 0.401 e. The minimum absolute atomic E-state index is 0.0367. The Labute approximate surface area is 87.2 Å². The molecule has 0 spiro atoms. The summed E-state index contributed by atoms with van der Waals surface area (Å²) in [5, 5.41) is 0. The van der Waals surface area contributed by atoms with Gasteiger partial charge in [0, 0.05) is 25.9 Å². The lowest BCUT2D eigenvalue weighted by Gasteiger charge is -2.22. The Hall–Kier alpha value is -0.340. The molecule has 0 saturated carbocycles. The summed E-state index contributed by atoms with van der Waals surface area (Å²) in [6.45, 7) is -1.16. The molecule has 92 valence electrons. The summed E-state index contributed by atoms with van der Waals surface area (Å²) in [5.41, 5.74) is 5.13. The fourth-order valence-electron chi connectivity index (χ4n) is 1.00. The third-order valence-corrected chi connectivity index (χ3v) is 2.55. The molecule has 0 aliphatic rings. The van der Waals surface area contributed by atoms with E-state index in [-0.39, 0.29) is 25.4 Å². The zero-order valence-electron chi connectivity index (χ0n) is 8.42. The van der Waals surface area contributed by atoms with Crippen LogP contribution < -0.4 is 5.73 Å². The van der Waals surface area contributed by atoms with Gasteiger partial charge in [-0.1, -0.05) is 0 Å². The van der Waals surface area contributed by atoms with Crippen molar-refractivity contribution in [2.45, 2.75) is 6.18 Å². The first-order valence-electron chi connectivity index (χ1n) is 4.31. The van der Waals surface area contributed by atoms with Crippen molar-refractivity contribution in [3.05, 3.63) is 0 Å². The van der Waals surface area contributed by atoms with Gasteiger partial charge in [0.25, 0.3) is 0 Å². The first-order chi connectivity index (χ1) is 6.64. The highest BCUT2D eigenvalue weighted by molar-refractivity contribution is 7.90. The van der Waals surface area contributed by atoms with Gasteiger partial charge in [-0.15, -0.1) is 0 Å². The lowest BCUT2D eigenvalue weighted by Crippen LogP contribution is -2.40. The molecule has 4 nitrogen and oxygen atoms in total. The van der Waals surface area contributed by atoms with Gasteiger partial charge in [-0.25, -0.2) is 8.42 Å². The molecule has 0 atom stereocenters. The first-order valence-corrected chi connectivity index (χ1v) is 6.37. The summed E-state index contributed by atoms with van der Waals surface area (Å²) < 4.78 is 57.6. The molecule has 0 fully saturated rings. The topological polar surface area (TPSA) is 63.4 Å². The van der Waals surface area contributed by atoms with E-state index in [1.165, 1.54) is 0 Å². The second-order valence-corrected chi connectivity index (χ2v) is 5.57. The van der Waals surface area contributed by atoms with Crippen molar-refractivity contribution < 1.29 is 21.6 Å². The van der Waals surface area contributed by atoms with Gasteiger partial charge < -0.3 is 5.73 Å². The van der Waals surface area contributed by atoms with Crippen molar-refractivity contribution in [1.82, 2.24) is 4.90 Å².